The SMILES string of the molecule is COC(=O)c1ccc(C#CCCCl)nc1. The van der Waals surface area contributed by atoms with Crippen molar-refractivity contribution in [2.24, 2.45) is 0 Å². The van der Waals surface area contributed by atoms with Gasteiger partial charge in [-0.1, -0.05) is 5.92 Å². The number of nitrogens with zero attached hydrogens (tertiary/aromatic N) is 1. The first kappa shape index (κ1) is 11.5. The highest BCUT2D eigenvalue weighted by Crippen LogP contribution is 2.00. The van der Waals surface area contributed by atoms with E-state index in [-0.39, 0.29) is 0 Å². The molecule has 0 saturated heterocycles. The molecule has 0 atom stereocenters. The second kappa shape index (κ2) is 6.05. The topological polar surface area (TPSA) is 39.2 Å². The summed E-state index contributed by atoms with van der Waals surface area (Å²) in [5.41, 5.74) is 1.04. The predicted molar refractivity (Wildman–Crippen MR) is 57.8 cm³/mol. The first-order valence-corrected chi connectivity index (χ1v) is 4.90. The van der Waals surface area contributed by atoms with E-state index < -0.39 is 5.97 Å². The number of hydrogen-bond donors (Lipinski definition) is 0. The second-order valence-electron chi connectivity index (χ2n) is 2.66. The minimum Gasteiger partial charge on any atom is -0.465 e. The van der Waals surface area contributed by atoms with Gasteiger partial charge in [0.2, 0.25) is 0 Å². The average Bonchev–Trinajstić information content (AvgIpc) is 2.29. The van der Waals surface area contributed by atoms with Crippen molar-refractivity contribution in [3.63, 3.8) is 0 Å². The largest absolute Gasteiger partial charge is 0.465 e. The van der Waals surface area contributed by atoms with Crippen molar-refractivity contribution in [2.75, 3.05) is 13.0 Å². The molecular weight excluding hydrogens is 214 g/mol. The van der Waals surface area contributed by atoms with Crippen LogP contribution in [0.1, 0.15) is 22.5 Å². The number of pyridine rings is 1. The third kappa shape index (κ3) is 3.61. The van der Waals surface area contributed by atoms with E-state index in [9.17, 15) is 4.79 Å². The summed E-state index contributed by atoms with van der Waals surface area (Å²) in [5, 5.41) is 0. The Morgan fingerprint density at radius 3 is 2.93 bits per heavy atom. The number of carbonyl (C=O) groups excluding carboxylic acids is 1. The van der Waals surface area contributed by atoms with E-state index in [0.717, 1.165) is 0 Å². The van der Waals surface area contributed by atoms with Gasteiger partial charge in [-0.15, -0.1) is 11.6 Å². The Bertz CT molecular complexity index is 389. The van der Waals surface area contributed by atoms with Gasteiger partial charge in [-0.2, -0.15) is 0 Å². The first-order chi connectivity index (χ1) is 7.27. The van der Waals surface area contributed by atoms with Crippen molar-refractivity contribution in [3.05, 3.63) is 29.6 Å². The van der Waals surface area contributed by atoms with Crippen molar-refractivity contribution >= 4 is 17.6 Å². The maximum absolute atomic E-state index is 11.1. The van der Waals surface area contributed by atoms with Crippen LogP contribution < -0.4 is 0 Å². The van der Waals surface area contributed by atoms with Crippen LogP contribution in [0.3, 0.4) is 0 Å². The molecule has 0 unspecified atom stereocenters. The summed E-state index contributed by atoms with van der Waals surface area (Å²) in [5.74, 6) is 5.79. The smallest absolute Gasteiger partial charge is 0.339 e. The van der Waals surface area contributed by atoms with Gasteiger partial charge in [0.25, 0.3) is 0 Å². The van der Waals surface area contributed by atoms with Crippen molar-refractivity contribution < 1.29 is 9.53 Å². The fourth-order valence-electron chi connectivity index (χ4n) is 0.907. The van der Waals surface area contributed by atoms with Gasteiger partial charge < -0.3 is 4.74 Å². The Kier molecular flexibility index (Phi) is 4.65. The van der Waals surface area contributed by atoms with Crippen molar-refractivity contribution in [1.82, 2.24) is 4.98 Å². The van der Waals surface area contributed by atoms with Crippen molar-refractivity contribution in [3.8, 4) is 11.8 Å². The lowest BCUT2D eigenvalue weighted by Gasteiger charge is -1.97. The third-order valence-electron chi connectivity index (χ3n) is 1.62. The fraction of sp³-hybridized carbons (Fsp3) is 0.273. The zero-order chi connectivity index (χ0) is 11.1. The summed E-state index contributed by atoms with van der Waals surface area (Å²) in [6, 6.07) is 3.30. The molecule has 0 aliphatic rings. The number of methoxy groups -OCH3 is 1. The molecule has 78 valence electrons. The van der Waals surface area contributed by atoms with Gasteiger partial charge in [-0.3, -0.25) is 0 Å². The normalized spacial score (nSPS) is 8.93. The number of aromatic nitrogens is 1. The van der Waals surface area contributed by atoms with Crippen LogP contribution in [0.25, 0.3) is 0 Å². The number of rotatable bonds is 2. The van der Waals surface area contributed by atoms with Crippen LogP contribution in [0.4, 0.5) is 0 Å². The Morgan fingerprint density at radius 2 is 2.40 bits per heavy atom. The Balaban J connectivity index is 2.73. The van der Waals surface area contributed by atoms with Gasteiger partial charge in [0.1, 0.15) is 5.69 Å². The molecule has 0 spiro atoms. The van der Waals surface area contributed by atoms with E-state index in [2.05, 4.69) is 21.6 Å². The molecule has 3 nitrogen and oxygen atoms in total. The van der Waals surface area contributed by atoms with Gasteiger partial charge in [0.15, 0.2) is 0 Å². The van der Waals surface area contributed by atoms with Crippen molar-refractivity contribution in [1.29, 1.82) is 0 Å². The molecule has 1 heterocycles. The molecule has 0 amide bonds. The van der Waals surface area contributed by atoms with Gasteiger partial charge in [0, 0.05) is 18.5 Å². The number of hydrogen-bond acceptors (Lipinski definition) is 3. The van der Waals surface area contributed by atoms with Gasteiger partial charge in [-0.05, 0) is 18.1 Å². The molecular formula is C11H10ClNO2. The van der Waals surface area contributed by atoms with Gasteiger partial charge in [0.05, 0.1) is 12.7 Å². The molecule has 4 heteroatoms. The van der Waals surface area contributed by atoms with E-state index in [4.69, 9.17) is 11.6 Å². The predicted octanol–water partition coefficient (Wildman–Crippen LogP) is 1.85. The number of esters is 1. The van der Waals surface area contributed by atoms with Crippen LogP contribution in [0, 0.1) is 11.8 Å². The van der Waals surface area contributed by atoms with Crippen LogP contribution in [0.2, 0.25) is 0 Å². The van der Waals surface area contributed by atoms with Gasteiger partial charge >= 0.3 is 5.97 Å². The number of halogens is 1. The van der Waals surface area contributed by atoms with E-state index in [1.807, 2.05) is 0 Å². The fourth-order valence-corrected chi connectivity index (χ4v) is 1.00. The second-order valence-corrected chi connectivity index (χ2v) is 3.04. The Morgan fingerprint density at radius 1 is 1.60 bits per heavy atom. The first-order valence-electron chi connectivity index (χ1n) is 4.37. The molecule has 0 radical (unpaired) electrons. The van der Waals surface area contributed by atoms with Gasteiger partial charge in [-0.25, -0.2) is 9.78 Å². The number of alkyl halides is 1. The maximum atomic E-state index is 11.1. The molecule has 0 aliphatic carbocycles. The minimum atomic E-state index is -0.400. The average molecular weight is 224 g/mol. The highest BCUT2D eigenvalue weighted by Gasteiger charge is 2.03. The van der Waals surface area contributed by atoms with Crippen LogP contribution >= 0.6 is 11.6 Å². The molecule has 15 heavy (non-hydrogen) atoms. The van der Waals surface area contributed by atoms with E-state index in [1.54, 1.807) is 12.1 Å². The molecule has 0 saturated carbocycles. The monoisotopic (exact) mass is 223 g/mol. The zero-order valence-corrected chi connectivity index (χ0v) is 9.04. The molecule has 0 N–H and O–H groups in total. The molecule has 0 fully saturated rings. The Labute approximate surface area is 93.4 Å². The molecule has 0 aromatic carbocycles. The molecule has 0 aliphatic heterocycles. The molecule has 0 bridgehead atoms. The van der Waals surface area contributed by atoms with E-state index >= 15 is 0 Å². The highest BCUT2D eigenvalue weighted by molar-refractivity contribution is 6.18. The Hall–Kier alpha value is -1.53. The van der Waals surface area contributed by atoms with E-state index in [1.165, 1.54) is 13.3 Å². The van der Waals surface area contributed by atoms with Crippen LogP contribution in [0.15, 0.2) is 18.3 Å². The quantitative estimate of drug-likeness (QED) is 0.436. The lowest BCUT2D eigenvalue weighted by Crippen LogP contribution is -2.01. The lowest BCUT2D eigenvalue weighted by atomic mass is 10.2. The molecule has 1 rings (SSSR count). The summed E-state index contributed by atoms with van der Waals surface area (Å²) in [7, 11) is 1.33. The zero-order valence-electron chi connectivity index (χ0n) is 8.29. The highest BCUT2D eigenvalue weighted by atomic mass is 35.5. The maximum Gasteiger partial charge on any atom is 0.339 e. The van der Waals surface area contributed by atoms with Crippen LogP contribution in [-0.2, 0) is 4.74 Å². The lowest BCUT2D eigenvalue weighted by molar-refractivity contribution is 0.0600. The number of carbonyl (C=O) groups is 1. The van der Waals surface area contributed by atoms with Crippen molar-refractivity contribution in [2.45, 2.75) is 6.42 Å². The third-order valence-corrected chi connectivity index (χ3v) is 1.81. The minimum absolute atomic E-state index is 0.400. The molecule has 1 aromatic rings. The standard InChI is InChI=1S/C11H10ClNO2/c1-15-11(14)9-5-6-10(13-8-9)4-2-3-7-12/h5-6,8H,3,7H2,1H3. The summed E-state index contributed by atoms with van der Waals surface area (Å²) < 4.78 is 4.54. The molecule has 1 aromatic heterocycles. The summed E-state index contributed by atoms with van der Waals surface area (Å²) in [6.45, 7) is 0. The number of ether oxygens (including phenoxy) is 1. The summed E-state index contributed by atoms with van der Waals surface area (Å²) in [4.78, 5) is 15.1. The summed E-state index contributed by atoms with van der Waals surface area (Å²) in [6.07, 6.45) is 2.07. The van der Waals surface area contributed by atoms with E-state index in [0.29, 0.717) is 23.6 Å². The summed E-state index contributed by atoms with van der Waals surface area (Å²) >= 11 is 5.47. The van der Waals surface area contributed by atoms with Crippen LogP contribution in [-0.4, -0.2) is 23.9 Å². The van der Waals surface area contributed by atoms with Crippen LogP contribution in [0.5, 0.6) is 0 Å².